The largest absolute Gasteiger partial charge is 0.449 e. The number of hydrogen-bond acceptors (Lipinski definition) is 10. The topological polar surface area (TPSA) is 159 Å². The highest BCUT2D eigenvalue weighted by Crippen LogP contribution is 2.44. The highest BCUT2D eigenvalue weighted by atomic mass is 16.6. The summed E-state index contributed by atoms with van der Waals surface area (Å²) in [4.78, 5) is 62.7. The molecule has 2 N–H and O–H groups in total. The molecule has 12 heteroatoms. The van der Waals surface area contributed by atoms with Gasteiger partial charge in [0.2, 0.25) is 0 Å². The van der Waals surface area contributed by atoms with E-state index >= 15 is 0 Å². The fourth-order valence-corrected chi connectivity index (χ4v) is 3.72. The molecule has 0 bridgehead atoms. The molecule has 0 aliphatic rings. The van der Waals surface area contributed by atoms with Crippen molar-refractivity contribution >= 4 is 51.7 Å². The average Bonchev–Trinajstić information content (AvgIpc) is 3.29. The molecule has 3 aromatic rings. The molecule has 1 heterocycles. The number of carbonyl (C=O) groups is 5. The minimum absolute atomic E-state index is 0.0272. The van der Waals surface area contributed by atoms with Crippen LogP contribution in [-0.2, 0) is 19.1 Å². The highest BCUT2D eigenvalue weighted by Gasteiger charge is 2.29. The molecule has 226 valence electrons. The molecule has 0 saturated carbocycles. The summed E-state index contributed by atoms with van der Waals surface area (Å²) in [6.45, 7) is 14.3. The second-order valence-corrected chi connectivity index (χ2v) is 11.7. The van der Waals surface area contributed by atoms with Crippen LogP contribution in [0, 0.1) is 0 Å². The number of carbonyl (C=O) groups excluding carboxylic acids is 5. The average molecular weight is 585 g/mol. The van der Waals surface area contributed by atoms with E-state index in [2.05, 4.69) is 10.6 Å². The number of alkyl carbamates (subject to hydrolysis) is 2. The Bertz CT molecular complexity index is 1430. The minimum atomic E-state index is -1.12. The van der Waals surface area contributed by atoms with Gasteiger partial charge in [-0.25, -0.2) is 19.2 Å². The van der Waals surface area contributed by atoms with Crippen molar-refractivity contribution < 1.29 is 47.3 Å². The molecule has 0 saturated heterocycles. The van der Waals surface area contributed by atoms with Gasteiger partial charge in [-0.3, -0.25) is 4.79 Å². The first kappa shape index (κ1) is 31.9. The Labute approximate surface area is 243 Å². The van der Waals surface area contributed by atoms with Gasteiger partial charge in [-0.2, -0.15) is 0 Å². The third kappa shape index (κ3) is 7.99. The van der Waals surface area contributed by atoms with E-state index in [9.17, 15) is 24.0 Å². The quantitative estimate of drug-likeness (QED) is 0.208. The minimum Gasteiger partial charge on any atom is -0.449 e. The zero-order chi connectivity index (χ0) is 31.6. The summed E-state index contributed by atoms with van der Waals surface area (Å²) < 4.78 is 27.6. The second-order valence-electron chi connectivity index (χ2n) is 11.7. The molecule has 0 radical (unpaired) electrons. The molecule has 1 aromatic heterocycles. The fraction of sp³-hybridized carbons (Fsp3) is 0.433. The number of furan rings is 1. The number of hydrogen-bond donors (Lipinski definition) is 2. The summed E-state index contributed by atoms with van der Waals surface area (Å²) in [6, 6.07) is 5.73. The van der Waals surface area contributed by atoms with E-state index in [0.29, 0.717) is 10.8 Å². The summed E-state index contributed by atoms with van der Waals surface area (Å²) in [7, 11) is 0. The van der Waals surface area contributed by atoms with Gasteiger partial charge in [0.05, 0.1) is 5.39 Å². The molecule has 3 rings (SSSR count). The zero-order valence-electron chi connectivity index (χ0n) is 25.1. The molecular weight excluding hydrogens is 548 g/mol. The Morgan fingerprint density at radius 2 is 1.14 bits per heavy atom. The second kappa shape index (κ2) is 12.1. The monoisotopic (exact) mass is 584 g/mol. The Kier molecular flexibility index (Phi) is 9.19. The van der Waals surface area contributed by atoms with Crippen molar-refractivity contribution in [3.8, 4) is 11.5 Å². The number of ether oxygens (including phenoxy) is 4. The van der Waals surface area contributed by atoms with Gasteiger partial charge in [0, 0.05) is 17.7 Å². The number of rotatable bonds is 7. The number of amides is 2. The lowest BCUT2D eigenvalue weighted by atomic mass is 10.0. The van der Waals surface area contributed by atoms with E-state index in [1.165, 1.54) is 26.8 Å². The Morgan fingerprint density at radius 3 is 1.57 bits per heavy atom. The molecule has 2 atom stereocenters. The normalized spacial score (nSPS) is 13.2. The van der Waals surface area contributed by atoms with Crippen LogP contribution in [0.5, 0.6) is 11.5 Å². The van der Waals surface area contributed by atoms with Crippen molar-refractivity contribution in [3.63, 3.8) is 0 Å². The zero-order valence-corrected chi connectivity index (χ0v) is 25.1. The lowest BCUT2D eigenvalue weighted by Gasteiger charge is -2.22. The molecule has 2 aromatic carbocycles. The molecule has 1 unspecified atom stereocenters. The van der Waals surface area contributed by atoms with Gasteiger partial charge >= 0.3 is 24.1 Å². The predicted octanol–water partition coefficient (Wildman–Crippen LogP) is 5.43. The van der Waals surface area contributed by atoms with E-state index in [0.717, 1.165) is 0 Å². The molecule has 42 heavy (non-hydrogen) atoms. The van der Waals surface area contributed by atoms with E-state index < -0.39 is 53.2 Å². The van der Waals surface area contributed by atoms with Crippen LogP contribution in [0.4, 0.5) is 9.59 Å². The van der Waals surface area contributed by atoms with Gasteiger partial charge < -0.3 is 34.0 Å². The Balaban J connectivity index is 2.01. The van der Waals surface area contributed by atoms with Crippen LogP contribution in [0.1, 0.15) is 72.9 Å². The molecule has 0 aliphatic carbocycles. The van der Waals surface area contributed by atoms with Crippen LogP contribution in [0.25, 0.3) is 21.7 Å². The Hall–Kier alpha value is -4.61. The van der Waals surface area contributed by atoms with Gasteiger partial charge in [0.1, 0.15) is 29.0 Å². The number of Topliss-reactive ketones (excluding diaryl/α,β-unsaturated/α-hetero) is 1. The first-order valence-electron chi connectivity index (χ1n) is 13.3. The van der Waals surface area contributed by atoms with Crippen molar-refractivity contribution in [2.75, 3.05) is 0 Å². The molecule has 0 spiro atoms. The molecule has 0 fully saturated rings. The fourth-order valence-electron chi connectivity index (χ4n) is 3.72. The summed E-state index contributed by atoms with van der Waals surface area (Å²) in [5.74, 6) is -2.18. The lowest BCUT2D eigenvalue weighted by molar-refractivity contribution is -0.137. The first-order chi connectivity index (χ1) is 19.4. The molecule has 2 amide bonds. The summed E-state index contributed by atoms with van der Waals surface area (Å²) >= 11 is 0. The van der Waals surface area contributed by atoms with E-state index in [4.69, 9.17) is 23.4 Å². The van der Waals surface area contributed by atoms with Crippen molar-refractivity contribution in [2.45, 2.75) is 85.6 Å². The highest BCUT2D eigenvalue weighted by molar-refractivity contribution is 6.13. The molecular formula is C30H36N2O10. The van der Waals surface area contributed by atoms with Crippen LogP contribution in [-0.4, -0.2) is 53.2 Å². The van der Waals surface area contributed by atoms with Gasteiger partial charge in [-0.05, 0) is 61.5 Å². The van der Waals surface area contributed by atoms with Gasteiger partial charge in [-0.15, -0.1) is 0 Å². The van der Waals surface area contributed by atoms with Crippen LogP contribution >= 0.6 is 0 Å². The van der Waals surface area contributed by atoms with Crippen LogP contribution in [0.3, 0.4) is 0 Å². The standard InChI is InChI=1S/C30H36N2O10/c1-15(31-27(36)41-29(4,5)6)25(34)39-22-18-12-10-11-13-19(18)23(24-20(22)14-21(38-24)17(3)33)40-26(35)16(2)32-28(37)42-30(7,8)9/h10-16H,1-9H3,(H,31,36)(H,32,37)/t15-,16?/m0/s1. The third-order valence-corrected chi connectivity index (χ3v) is 5.53. The van der Waals surface area contributed by atoms with E-state index in [1.807, 2.05) is 0 Å². The SMILES string of the molecule is CC(=O)c1cc2c(OC(=O)[C@H](C)NC(=O)OC(C)(C)C)c3ccccc3c(OC(=O)C(C)NC(=O)OC(C)(C)C)c2o1. The smallest absolute Gasteiger partial charge is 0.408 e. The van der Waals surface area contributed by atoms with Crippen molar-refractivity contribution in [2.24, 2.45) is 0 Å². The number of fused-ring (bicyclic) bond motifs is 2. The van der Waals surface area contributed by atoms with Gasteiger partial charge in [0.25, 0.3) is 0 Å². The number of ketones is 1. The number of benzene rings is 2. The van der Waals surface area contributed by atoms with Gasteiger partial charge in [-0.1, -0.05) is 24.3 Å². The summed E-state index contributed by atoms with van der Waals surface area (Å²) in [5, 5.41) is 5.70. The van der Waals surface area contributed by atoms with Crippen molar-refractivity contribution in [1.29, 1.82) is 0 Å². The molecule has 12 nitrogen and oxygen atoms in total. The summed E-state index contributed by atoms with van der Waals surface area (Å²) in [5.41, 5.74) is -1.59. The summed E-state index contributed by atoms with van der Waals surface area (Å²) in [6.07, 6.45) is -1.62. The van der Waals surface area contributed by atoms with Crippen LogP contribution < -0.4 is 20.1 Å². The maximum absolute atomic E-state index is 13.1. The maximum Gasteiger partial charge on any atom is 0.408 e. The van der Waals surface area contributed by atoms with E-state index in [-0.39, 0.29) is 28.2 Å². The van der Waals surface area contributed by atoms with Crippen molar-refractivity contribution in [1.82, 2.24) is 10.6 Å². The predicted molar refractivity (Wildman–Crippen MR) is 153 cm³/mol. The first-order valence-corrected chi connectivity index (χ1v) is 13.3. The van der Waals surface area contributed by atoms with Crippen molar-refractivity contribution in [3.05, 3.63) is 36.1 Å². The van der Waals surface area contributed by atoms with Crippen LogP contribution in [0.2, 0.25) is 0 Å². The third-order valence-electron chi connectivity index (χ3n) is 5.53. The molecule has 0 aliphatic heterocycles. The van der Waals surface area contributed by atoms with E-state index in [1.54, 1.807) is 65.8 Å². The Morgan fingerprint density at radius 1 is 0.714 bits per heavy atom. The number of nitrogens with one attached hydrogen (secondary N) is 2. The maximum atomic E-state index is 13.1. The number of esters is 2. The van der Waals surface area contributed by atoms with Gasteiger partial charge in [0.15, 0.2) is 22.9 Å². The van der Waals surface area contributed by atoms with Crippen LogP contribution in [0.15, 0.2) is 34.7 Å². The lowest BCUT2D eigenvalue weighted by Crippen LogP contribution is -2.43.